The van der Waals surface area contributed by atoms with E-state index in [0.29, 0.717) is 12.1 Å². The molecular formula is C47H50N6O8S2+2. The molecule has 2 aromatic heterocycles. The van der Waals surface area contributed by atoms with Gasteiger partial charge in [0.25, 0.3) is 20.2 Å². The number of carbonyl (C=O) groups excluding carboxylic acids is 2. The third kappa shape index (κ3) is 15.2. The molecule has 0 atom stereocenters. The van der Waals surface area contributed by atoms with Crippen molar-refractivity contribution >= 4 is 77.1 Å². The molecule has 0 fully saturated rings. The number of hydrogen-bond acceptors (Lipinski definition) is 8. The standard InChI is InChI=1S/C33H32N6O2.2C7H8O3S/c1-38-21-18-28(19-22-38)34-24-10-14-26(15-11-24)36-32(40)8-5-9-33(41)37-27-16-12-25(13-17-27)35-30-20-23-39(2)31-7-4-3-6-29(30)31;2*1-6-2-4-7(5-3-6)11(8,9)10/h3-4,6-7,10-23H,5,8-9H2,1-2H3,(H2,36,37,40,41);2*2-5H,1H3,(H,8,9,10)/p+2. The molecule has 7 rings (SSSR count). The number of rotatable bonds is 12. The van der Waals surface area contributed by atoms with Gasteiger partial charge < -0.3 is 21.3 Å². The Morgan fingerprint density at radius 2 is 0.921 bits per heavy atom. The summed E-state index contributed by atoms with van der Waals surface area (Å²) in [4.78, 5) is 24.7. The van der Waals surface area contributed by atoms with Gasteiger partial charge in [0.2, 0.25) is 17.3 Å². The minimum atomic E-state index is -4.02. The Bertz CT molecular complexity index is 2790. The van der Waals surface area contributed by atoms with Crippen molar-refractivity contribution in [1.29, 1.82) is 0 Å². The molecule has 2 heterocycles. The number of aromatic nitrogens is 2. The average Bonchev–Trinajstić information content (AvgIpc) is 3.24. The first-order valence-electron chi connectivity index (χ1n) is 19.7. The number of anilines is 6. The SMILES string of the molecule is C[n+]1ccc(Nc2ccc(NC(=O)CCCC(=O)Nc3ccc(Nc4cc[n+](C)c5ccccc45)cc3)cc2)cc1.Cc1ccc(S(=O)(=O)O)cc1.Cc1ccc(S(=O)(=O)O)cc1. The van der Waals surface area contributed by atoms with Crippen molar-refractivity contribution in [2.24, 2.45) is 14.1 Å². The number of nitrogens with one attached hydrogen (secondary N) is 4. The molecule has 0 aliphatic rings. The van der Waals surface area contributed by atoms with Gasteiger partial charge in [-0.1, -0.05) is 47.5 Å². The zero-order chi connectivity index (χ0) is 45.6. The van der Waals surface area contributed by atoms with Crippen LogP contribution in [-0.4, -0.2) is 37.8 Å². The van der Waals surface area contributed by atoms with Gasteiger partial charge in [0.15, 0.2) is 18.6 Å². The molecule has 0 bridgehead atoms. The van der Waals surface area contributed by atoms with Crippen LogP contribution in [0.25, 0.3) is 10.9 Å². The Morgan fingerprint density at radius 1 is 0.508 bits per heavy atom. The minimum Gasteiger partial charge on any atom is -0.355 e. The van der Waals surface area contributed by atoms with Crippen molar-refractivity contribution in [2.45, 2.75) is 42.9 Å². The summed E-state index contributed by atoms with van der Waals surface area (Å²) in [5.41, 5.74) is 8.34. The fourth-order valence-corrected chi connectivity index (χ4v) is 6.89. The van der Waals surface area contributed by atoms with Gasteiger partial charge in [-0.3, -0.25) is 18.7 Å². The van der Waals surface area contributed by atoms with E-state index in [9.17, 15) is 26.4 Å². The molecule has 2 amide bonds. The molecular weight excluding hydrogens is 841 g/mol. The predicted molar refractivity (Wildman–Crippen MR) is 245 cm³/mol. The van der Waals surface area contributed by atoms with Crippen LogP contribution in [0.15, 0.2) is 168 Å². The van der Waals surface area contributed by atoms with Gasteiger partial charge in [0.1, 0.15) is 14.1 Å². The van der Waals surface area contributed by atoms with Crippen molar-refractivity contribution in [3.63, 3.8) is 0 Å². The molecule has 0 spiro atoms. The Morgan fingerprint density at radius 3 is 1.38 bits per heavy atom. The Kier molecular flexibility index (Phi) is 16.2. The monoisotopic (exact) mass is 890 g/mol. The third-order valence-corrected chi connectivity index (χ3v) is 11.1. The molecule has 0 aliphatic heterocycles. The van der Waals surface area contributed by atoms with Gasteiger partial charge in [-0.2, -0.15) is 16.8 Å². The molecule has 63 heavy (non-hydrogen) atoms. The highest BCUT2D eigenvalue weighted by molar-refractivity contribution is 7.86. The molecule has 0 aliphatic carbocycles. The van der Waals surface area contributed by atoms with Crippen LogP contribution in [0.5, 0.6) is 0 Å². The zero-order valence-corrected chi connectivity index (χ0v) is 36.8. The molecule has 5 aromatic carbocycles. The van der Waals surface area contributed by atoms with Crippen molar-refractivity contribution in [1.82, 2.24) is 0 Å². The van der Waals surface area contributed by atoms with Gasteiger partial charge >= 0.3 is 0 Å². The van der Waals surface area contributed by atoms with Crippen LogP contribution >= 0.6 is 0 Å². The van der Waals surface area contributed by atoms with E-state index < -0.39 is 20.2 Å². The van der Waals surface area contributed by atoms with E-state index in [1.165, 1.54) is 24.3 Å². The summed E-state index contributed by atoms with van der Waals surface area (Å²) >= 11 is 0. The molecule has 0 radical (unpaired) electrons. The van der Waals surface area contributed by atoms with E-state index in [2.05, 4.69) is 38.0 Å². The van der Waals surface area contributed by atoms with Crippen molar-refractivity contribution in [3.8, 4) is 0 Å². The van der Waals surface area contributed by atoms with Crippen LogP contribution in [-0.2, 0) is 43.9 Å². The van der Waals surface area contributed by atoms with Crippen LogP contribution < -0.4 is 30.4 Å². The quantitative estimate of drug-likeness (QED) is 0.0514. The zero-order valence-electron chi connectivity index (χ0n) is 35.2. The lowest BCUT2D eigenvalue weighted by Crippen LogP contribution is -2.28. The minimum absolute atomic E-state index is 0.0666. The number of benzene rings is 5. The summed E-state index contributed by atoms with van der Waals surface area (Å²) in [6.45, 7) is 3.68. The van der Waals surface area contributed by atoms with Gasteiger partial charge in [-0.15, -0.1) is 0 Å². The van der Waals surface area contributed by atoms with Crippen molar-refractivity contribution < 1.29 is 44.7 Å². The smallest absolute Gasteiger partial charge is 0.294 e. The highest BCUT2D eigenvalue weighted by Gasteiger charge is 2.11. The predicted octanol–water partition coefficient (Wildman–Crippen LogP) is 8.21. The Hall–Kier alpha value is -6.98. The molecule has 16 heteroatoms. The lowest BCUT2D eigenvalue weighted by atomic mass is 10.1. The number of nitrogens with zero attached hydrogens (tertiary/aromatic N) is 2. The Labute approximate surface area is 367 Å². The van der Waals surface area contributed by atoms with E-state index in [4.69, 9.17) is 9.11 Å². The fourth-order valence-electron chi connectivity index (χ4n) is 5.93. The molecule has 0 unspecified atom stereocenters. The first-order chi connectivity index (χ1) is 29.9. The van der Waals surface area contributed by atoms with Gasteiger partial charge in [0.05, 0.1) is 26.6 Å². The van der Waals surface area contributed by atoms with Gasteiger partial charge in [-0.05, 0) is 99.1 Å². The fraction of sp³-hybridized carbons (Fsp3) is 0.149. The summed E-state index contributed by atoms with van der Waals surface area (Å²) in [6.07, 6.45) is 6.95. The van der Waals surface area contributed by atoms with Crippen LogP contribution in [0.4, 0.5) is 34.1 Å². The molecule has 6 N–H and O–H groups in total. The highest BCUT2D eigenvalue weighted by Crippen LogP contribution is 2.25. The van der Waals surface area contributed by atoms with E-state index >= 15 is 0 Å². The first kappa shape index (κ1) is 47.1. The first-order valence-corrected chi connectivity index (χ1v) is 22.6. The number of carbonyl (C=O) groups is 2. The lowest BCUT2D eigenvalue weighted by Gasteiger charge is -2.10. The second-order valence-corrected chi connectivity index (χ2v) is 17.4. The topological polar surface area (TPSA) is 199 Å². The second-order valence-electron chi connectivity index (χ2n) is 14.5. The van der Waals surface area contributed by atoms with Crippen LogP contribution in [0.1, 0.15) is 30.4 Å². The molecule has 14 nitrogen and oxygen atoms in total. The number of pyridine rings is 2. The molecule has 0 saturated heterocycles. The Balaban J connectivity index is 0.000000276. The summed E-state index contributed by atoms with van der Waals surface area (Å²) in [6, 6.07) is 41.4. The summed E-state index contributed by atoms with van der Waals surface area (Å²) in [7, 11) is -4.04. The largest absolute Gasteiger partial charge is 0.355 e. The second kappa shape index (κ2) is 21.7. The molecule has 0 saturated carbocycles. The van der Waals surface area contributed by atoms with Crippen molar-refractivity contribution in [2.75, 3.05) is 21.3 Å². The maximum absolute atomic E-state index is 12.4. The van der Waals surface area contributed by atoms with Gasteiger partial charge in [-0.25, -0.2) is 9.13 Å². The number of para-hydroxylation sites is 1. The van der Waals surface area contributed by atoms with E-state index in [1.54, 1.807) is 24.3 Å². The van der Waals surface area contributed by atoms with Crippen molar-refractivity contribution in [3.05, 3.63) is 169 Å². The summed E-state index contributed by atoms with van der Waals surface area (Å²) in [5, 5.41) is 13.7. The molecule has 326 valence electrons. The van der Waals surface area contributed by atoms with Crippen LogP contribution in [0.2, 0.25) is 0 Å². The van der Waals surface area contributed by atoms with E-state index in [1.807, 2.05) is 130 Å². The normalized spacial score (nSPS) is 11.0. The average molecular weight is 891 g/mol. The third-order valence-electron chi connectivity index (χ3n) is 9.37. The highest BCUT2D eigenvalue weighted by atomic mass is 32.2. The number of aryl methyl sites for hydroxylation is 4. The van der Waals surface area contributed by atoms with Gasteiger partial charge in [0, 0.05) is 59.9 Å². The van der Waals surface area contributed by atoms with Crippen LogP contribution in [0, 0.1) is 13.8 Å². The number of fused-ring (bicyclic) bond motifs is 1. The summed E-state index contributed by atoms with van der Waals surface area (Å²) < 4.78 is 63.2. The van der Waals surface area contributed by atoms with Crippen LogP contribution in [0.3, 0.4) is 0 Å². The maximum atomic E-state index is 12.4. The number of hydrogen-bond donors (Lipinski definition) is 6. The van der Waals surface area contributed by atoms with E-state index in [-0.39, 0.29) is 34.4 Å². The summed E-state index contributed by atoms with van der Waals surface area (Å²) in [5.74, 6) is -0.239. The molecule has 7 aromatic rings. The maximum Gasteiger partial charge on any atom is 0.294 e. The lowest BCUT2D eigenvalue weighted by molar-refractivity contribution is -0.671. The van der Waals surface area contributed by atoms with E-state index in [0.717, 1.165) is 50.5 Å². The number of amides is 2.